The van der Waals surface area contributed by atoms with Crippen molar-refractivity contribution < 1.29 is 28.7 Å². The summed E-state index contributed by atoms with van der Waals surface area (Å²) in [7, 11) is 0. The molecule has 0 aliphatic heterocycles. The second-order valence-corrected chi connectivity index (χ2v) is 28.1. The Bertz CT molecular complexity index is 4710. The van der Waals surface area contributed by atoms with E-state index in [9.17, 15) is 28.7 Å². The third-order valence-corrected chi connectivity index (χ3v) is 16.7. The van der Waals surface area contributed by atoms with Gasteiger partial charge in [-0.15, -0.1) is 0 Å². The van der Waals surface area contributed by atoms with E-state index in [0.717, 1.165) is 71.4 Å². The van der Waals surface area contributed by atoms with Gasteiger partial charge in [-0.3, -0.25) is 19.2 Å². The lowest BCUT2D eigenvalue weighted by molar-refractivity contribution is -0.116. The number of hydrogen-bond donors (Lipinski definition) is 9. The number of nitrogens with two attached hydrogens (primary N) is 4. The van der Waals surface area contributed by atoms with Crippen LogP contribution >= 0.6 is 27.5 Å². The van der Waals surface area contributed by atoms with Crippen molar-refractivity contribution in [2.24, 2.45) is 0 Å². The van der Waals surface area contributed by atoms with Crippen LogP contribution in [0.15, 0.2) is 246 Å². The number of benzene rings is 8. The van der Waals surface area contributed by atoms with Gasteiger partial charge in [0.05, 0.1) is 73.2 Å². The van der Waals surface area contributed by atoms with E-state index in [4.69, 9.17) is 34.5 Å². The first-order valence-electron chi connectivity index (χ1n) is 35.3. The summed E-state index contributed by atoms with van der Waals surface area (Å²) in [5, 5.41) is 21.3. The monoisotopic (exact) mass is 1580 g/mol. The summed E-state index contributed by atoms with van der Waals surface area (Å²) in [4.78, 5) is 86.1. The number of hydrogen-bond acceptors (Lipinski definition) is 17. The molecule has 112 heavy (non-hydrogen) atoms. The summed E-state index contributed by atoms with van der Waals surface area (Å²) in [6.07, 6.45) is 14.9. The highest BCUT2D eigenvalue weighted by Gasteiger charge is 2.18. The first-order chi connectivity index (χ1) is 53.6. The lowest BCUT2D eigenvalue weighted by atomic mass is 10.1. The number of carbonyl (C=O) groups excluding carboxylic acids is 4. The van der Waals surface area contributed by atoms with Crippen LogP contribution in [-0.4, -0.2) is 68.6 Å². The van der Waals surface area contributed by atoms with E-state index < -0.39 is 0 Å². The van der Waals surface area contributed by atoms with E-state index in [1.165, 1.54) is 12.1 Å². The Balaban J connectivity index is 0.000000171. The molecule has 568 valence electrons. The van der Waals surface area contributed by atoms with Crippen molar-refractivity contribution in [3.8, 4) is 50.8 Å². The topological polar surface area (TPSA) is 344 Å². The van der Waals surface area contributed by atoms with E-state index >= 15 is 0 Å². The summed E-state index contributed by atoms with van der Waals surface area (Å²) in [6.45, 7) is 15.7. The predicted molar refractivity (Wildman–Crippen MR) is 454 cm³/mol. The molecule has 0 unspecified atom stereocenters. The smallest absolute Gasteiger partial charge is 0.230 e. The Hall–Kier alpha value is -13.4. The van der Waals surface area contributed by atoms with Crippen LogP contribution in [-0.2, 0) is 44.9 Å². The predicted octanol–water partition coefficient (Wildman–Crippen LogP) is 18.6. The number of anilines is 8. The minimum absolute atomic E-state index is 0.121. The molecule has 0 saturated carbocycles. The molecule has 12 aromatic rings. The van der Waals surface area contributed by atoms with Crippen molar-refractivity contribution in [3.63, 3.8) is 0 Å². The van der Waals surface area contributed by atoms with Gasteiger partial charge in [-0.2, -0.15) is 0 Å². The van der Waals surface area contributed by atoms with Crippen LogP contribution in [0.5, 0.6) is 5.75 Å². The quantitative estimate of drug-likeness (QED) is 0.0320. The average Bonchev–Trinajstić information content (AvgIpc) is 0.837. The Morgan fingerprint density at radius 2 is 0.580 bits per heavy atom. The highest BCUT2D eigenvalue weighted by atomic mass is 79.9. The molecule has 0 atom stereocenters. The van der Waals surface area contributed by atoms with Gasteiger partial charge >= 0.3 is 0 Å². The fourth-order valence-corrected chi connectivity index (χ4v) is 10.9. The van der Waals surface area contributed by atoms with Gasteiger partial charge in [0, 0.05) is 54.5 Å². The van der Waals surface area contributed by atoms with Crippen LogP contribution in [0.3, 0.4) is 0 Å². The third-order valence-electron chi connectivity index (χ3n) is 15.9. The van der Waals surface area contributed by atoms with E-state index in [0.29, 0.717) is 96.5 Å². The minimum Gasteiger partial charge on any atom is -0.508 e. The third kappa shape index (κ3) is 26.5. The number of aromatic hydroxyl groups is 1. The molecule has 4 aromatic heterocycles. The van der Waals surface area contributed by atoms with Gasteiger partial charge in [-0.05, 0) is 199 Å². The van der Waals surface area contributed by atoms with E-state index in [1.807, 2.05) is 201 Å². The molecule has 24 heteroatoms. The van der Waals surface area contributed by atoms with Gasteiger partial charge in [0.25, 0.3) is 0 Å². The van der Waals surface area contributed by atoms with Gasteiger partial charge < -0.3 is 49.3 Å². The fraction of sp³-hybridized carbons (Fsp3) is 0.136. The second kappa shape index (κ2) is 40.2. The maximum absolute atomic E-state index is 13.0. The highest BCUT2D eigenvalue weighted by molar-refractivity contribution is 9.10. The molecule has 0 bridgehead atoms. The number of amides is 4. The van der Waals surface area contributed by atoms with E-state index in [1.54, 1.807) is 85.5 Å². The Kier molecular flexibility index (Phi) is 29.7. The molecule has 0 fully saturated rings. The molecular formula is C88H85BrClFN16O5. The van der Waals surface area contributed by atoms with Crippen molar-refractivity contribution in [1.29, 1.82) is 0 Å². The van der Waals surface area contributed by atoms with Crippen molar-refractivity contribution in [2.45, 2.75) is 81.1 Å². The molecule has 12 rings (SSSR count). The first-order valence-corrected chi connectivity index (χ1v) is 36.5. The summed E-state index contributed by atoms with van der Waals surface area (Å²) in [5.41, 5.74) is 42.0. The summed E-state index contributed by atoms with van der Waals surface area (Å²) >= 11 is 9.28. The number of halogens is 3. The summed E-state index contributed by atoms with van der Waals surface area (Å²) in [5.74, 6) is 0.741. The van der Waals surface area contributed by atoms with Gasteiger partial charge in [-0.25, -0.2) is 44.3 Å². The maximum atomic E-state index is 13.0. The highest BCUT2D eigenvalue weighted by Crippen LogP contribution is 2.29. The summed E-state index contributed by atoms with van der Waals surface area (Å²) in [6, 6.07) is 56.8. The molecule has 13 N–H and O–H groups in total. The van der Waals surface area contributed by atoms with E-state index in [-0.39, 0.29) is 60.9 Å². The maximum Gasteiger partial charge on any atom is 0.230 e. The van der Waals surface area contributed by atoms with Crippen LogP contribution < -0.4 is 44.2 Å². The minimum atomic E-state index is -0.334. The van der Waals surface area contributed by atoms with Gasteiger partial charge in [0.2, 0.25) is 23.6 Å². The first kappa shape index (κ1) is 82.7. The zero-order valence-electron chi connectivity index (χ0n) is 63.0. The zero-order valence-corrected chi connectivity index (χ0v) is 65.4. The number of nitrogen functional groups attached to an aromatic ring is 4. The molecule has 0 saturated heterocycles. The largest absolute Gasteiger partial charge is 0.508 e. The fourth-order valence-electron chi connectivity index (χ4n) is 10.5. The lowest BCUT2D eigenvalue weighted by Crippen LogP contribution is -2.16. The Morgan fingerprint density at radius 1 is 0.357 bits per heavy atom. The standard InChI is InChI=1S/C22H21BrN4O.C22H21ClN4O.C22H21FN4O.C22H22N4O2/c3*1-14(2)11-19-22(27-21(28)12-15-3-7-17(23)8-4-15)25-13-20(26-19)16-5-9-18(24)10-6-16;1-14(2)11-19-22(26-21(28)12-15-3-9-18(27)10-4-15)24-13-20(25-19)16-5-7-17(23)8-6-16/h3*3-11,13H,12,24H2,1-2H3,(H,25,27,28);3-11,13,27H,12,23H2,1-2H3,(H,24,26,28). The lowest BCUT2D eigenvalue weighted by Gasteiger charge is -2.10. The molecule has 4 heterocycles. The van der Waals surface area contributed by atoms with Crippen LogP contribution in [0.4, 0.5) is 50.4 Å². The molecule has 0 spiro atoms. The number of allylic oxidation sites excluding steroid dienone is 4. The SMILES string of the molecule is CC(C)=Cc1nc(-c2ccc(N)cc2)cnc1NC(=O)Cc1ccc(Br)cc1.CC(C)=Cc1nc(-c2ccc(N)cc2)cnc1NC(=O)Cc1ccc(Cl)cc1.CC(C)=Cc1nc(-c2ccc(N)cc2)cnc1NC(=O)Cc1ccc(F)cc1.CC(C)=Cc1nc(-c2ccc(N)cc2)cnc1NC(=O)Cc1ccc(O)cc1. The van der Waals surface area contributed by atoms with Crippen molar-refractivity contribution in [2.75, 3.05) is 44.2 Å². The number of aromatic nitrogens is 8. The van der Waals surface area contributed by atoms with Crippen LogP contribution in [0, 0.1) is 5.82 Å². The molecule has 21 nitrogen and oxygen atoms in total. The van der Waals surface area contributed by atoms with Gasteiger partial charge in [0.1, 0.15) is 34.3 Å². The molecule has 0 aliphatic rings. The number of rotatable bonds is 20. The Morgan fingerprint density at radius 3 is 0.821 bits per heavy atom. The van der Waals surface area contributed by atoms with Gasteiger partial charge in [-0.1, -0.05) is 147 Å². The Labute approximate surface area is 663 Å². The average molecular weight is 1580 g/mol. The van der Waals surface area contributed by atoms with Crippen molar-refractivity contribution in [3.05, 3.63) is 302 Å². The van der Waals surface area contributed by atoms with Gasteiger partial charge in [0.15, 0.2) is 23.3 Å². The number of carbonyl (C=O) groups is 4. The summed E-state index contributed by atoms with van der Waals surface area (Å²) < 4.78 is 14.0. The number of nitrogens with zero attached hydrogens (tertiary/aromatic N) is 8. The zero-order chi connectivity index (χ0) is 80.4. The number of phenolic OH excluding ortho intramolecular Hbond substituents is 1. The molecule has 0 radical (unpaired) electrons. The van der Waals surface area contributed by atoms with Crippen LogP contribution in [0.25, 0.3) is 69.3 Å². The normalized spacial score (nSPS) is 10.4. The second-order valence-electron chi connectivity index (χ2n) is 26.8. The number of phenols is 1. The van der Waals surface area contributed by atoms with E-state index in [2.05, 4.69) is 77.1 Å². The van der Waals surface area contributed by atoms with Crippen LogP contribution in [0.2, 0.25) is 5.02 Å². The molecule has 4 amide bonds. The van der Waals surface area contributed by atoms with Crippen LogP contribution in [0.1, 0.15) is 100 Å². The number of nitrogens with one attached hydrogen (secondary N) is 4. The molecular weight excluding hydrogens is 1500 g/mol. The molecule has 8 aromatic carbocycles. The van der Waals surface area contributed by atoms with Crippen molar-refractivity contribution in [1.82, 2.24) is 39.9 Å². The van der Waals surface area contributed by atoms with Crippen molar-refractivity contribution >= 4 is 121 Å². The molecule has 0 aliphatic carbocycles.